The molecule has 0 bridgehead atoms. The van der Waals surface area contributed by atoms with E-state index in [-0.39, 0.29) is 23.7 Å². The van der Waals surface area contributed by atoms with Crippen molar-refractivity contribution in [3.63, 3.8) is 0 Å². The van der Waals surface area contributed by atoms with Gasteiger partial charge in [0.05, 0.1) is 5.69 Å². The number of nitrogens with zero attached hydrogens (tertiary/aromatic N) is 2. The topological polar surface area (TPSA) is 64.0 Å². The van der Waals surface area contributed by atoms with Gasteiger partial charge in [-0.1, -0.05) is 6.07 Å². The smallest absolute Gasteiger partial charge is 0.266 e. The summed E-state index contributed by atoms with van der Waals surface area (Å²) in [4.78, 5) is 24.2. The molecule has 0 saturated carbocycles. The molecule has 0 saturated heterocycles. The standard InChI is InChI=1S/C22H22FN3O2/c1-15-5-10-19(14-16(15)2)24-21(27)4-3-13-26-22(28)12-11-20(25-26)17-6-8-18(23)9-7-17/h5-12,14H,3-4,13H2,1-2H3,(H,24,27). The molecule has 2 aromatic carbocycles. The summed E-state index contributed by atoms with van der Waals surface area (Å²) in [7, 11) is 0. The van der Waals surface area contributed by atoms with Gasteiger partial charge in [-0.25, -0.2) is 9.07 Å². The molecule has 0 aliphatic heterocycles. The van der Waals surface area contributed by atoms with Crippen LogP contribution < -0.4 is 10.9 Å². The van der Waals surface area contributed by atoms with Crippen LogP contribution in [-0.4, -0.2) is 15.7 Å². The number of aromatic nitrogens is 2. The third kappa shape index (κ3) is 4.91. The lowest BCUT2D eigenvalue weighted by atomic mass is 10.1. The van der Waals surface area contributed by atoms with Crippen molar-refractivity contribution in [2.45, 2.75) is 33.2 Å². The third-order valence-corrected chi connectivity index (χ3v) is 4.57. The van der Waals surface area contributed by atoms with E-state index in [9.17, 15) is 14.0 Å². The van der Waals surface area contributed by atoms with Gasteiger partial charge in [0.15, 0.2) is 0 Å². The molecule has 28 heavy (non-hydrogen) atoms. The Bertz CT molecular complexity index is 1040. The molecule has 0 radical (unpaired) electrons. The average molecular weight is 379 g/mol. The first-order valence-corrected chi connectivity index (χ1v) is 9.13. The van der Waals surface area contributed by atoms with Gasteiger partial charge in [-0.2, -0.15) is 5.10 Å². The highest BCUT2D eigenvalue weighted by Crippen LogP contribution is 2.16. The van der Waals surface area contributed by atoms with Crippen LogP contribution >= 0.6 is 0 Å². The van der Waals surface area contributed by atoms with Crippen LogP contribution in [0, 0.1) is 19.7 Å². The summed E-state index contributed by atoms with van der Waals surface area (Å²) in [5, 5.41) is 7.20. The molecule has 5 nitrogen and oxygen atoms in total. The van der Waals surface area contributed by atoms with E-state index >= 15 is 0 Å². The number of anilines is 1. The Morgan fingerprint density at radius 3 is 2.50 bits per heavy atom. The van der Waals surface area contributed by atoms with Crippen molar-refractivity contribution in [1.29, 1.82) is 0 Å². The van der Waals surface area contributed by atoms with E-state index in [1.807, 2.05) is 32.0 Å². The summed E-state index contributed by atoms with van der Waals surface area (Å²) in [6.07, 6.45) is 0.762. The molecular formula is C22H22FN3O2. The summed E-state index contributed by atoms with van der Waals surface area (Å²) in [5.41, 5.74) is 4.12. The van der Waals surface area contributed by atoms with Gasteiger partial charge in [-0.3, -0.25) is 9.59 Å². The van der Waals surface area contributed by atoms with E-state index in [2.05, 4.69) is 10.4 Å². The van der Waals surface area contributed by atoms with Crippen molar-refractivity contribution in [2.24, 2.45) is 0 Å². The second-order valence-electron chi connectivity index (χ2n) is 6.74. The van der Waals surface area contributed by atoms with Gasteiger partial charge in [0.1, 0.15) is 5.82 Å². The number of amides is 1. The SMILES string of the molecule is Cc1ccc(NC(=O)CCCn2nc(-c3ccc(F)cc3)ccc2=O)cc1C. The van der Waals surface area contributed by atoms with Crippen LogP contribution in [0.3, 0.4) is 0 Å². The molecule has 0 aliphatic rings. The Balaban J connectivity index is 1.60. The van der Waals surface area contributed by atoms with Gasteiger partial charge in [0.25, 0.3) is 5.56 Å². The van der Waals surface area contributed by atoms with Gasteiger partial charge in [-0.15, -0.1) is 0 Å². The van der Waals surface area contributed by atoms with E-state index in [1.165, 1.54) is 28.4 Å². The molecule has 144 valence electrons. The number of halogens is 1. The van der Waals surface area contributed by atoms with Crippen LogP contribution in [0.5, 0.6) is 0 Å². The lowest BCUT2D eigenvalue weighted by molar-refractivity contribution is -0.116. The zero-order valence-electron chi connectivity index (χ0n) is 15.9. The fourth-order valence-corrected chi connectivity index (χ4v) is 2.82. The van der Waals surface area contributed by atoms with Gasteiger partial charge in [0, 0.05) is 30.3 Å². The number of rotatable bonds is 6. The van der Waals surface area contributed by atoms with E-state index in [1.54, 1.807) is 18.2 Å². The lowest BCUT2D eigenvalue weighted by Crippen LogP contribution is -2.23. The van der Waals surface area contributed by atoms with Crippen molar-refractivity contribution in [2.75, 3.05) is 5.32 Å². The summed E-state index contributed by atoms with van der Waals surface area (Å²) < 4.78 is 14.4. The zero-order valence-corrected chi connectivity index (χ0v) is 15.9. The molecule has 6 heteroatoms. The normalized spacial score (nSPS) is 10.7. The second kappa shape index (κ2) is 8.61. The number of aryl methyl sites for hydroxylation is 3. The highest BCUT2D eigenvalue weighted by Gasteiger charge is 2.07. The maximum atomic E-state index is 13.1. The third-order valence-electron chi connectivity index (χ3n) is 4.57. The van der Waals surface area contributed by atoms with Gasteiger partial charge in [0.2, 0.25) is 5.91 Å². The van der Waals surface area contributed by atoms with Crippen molar-refractivity contribution >= 4 is 11.6 Å². The first kappa shape index (κ1) is 19.5. The first-order valence-electron chi connectivity index (χ1n) is 9.13. The van der Waals surface area contributed by atoms with Crippen LogP contribution in [0.25, 0.3) is 11.3 Å². The number of carbonyl (C=O) groups excluding carboxylic acids is 1. The molecule has 0 fully saturated rings. The summed E-state index contributed by atoms with van der Waals surface area (Å²) in [6, 6.07) is 14.7. The molecule has 0 unspecified atom stereocenters. The van der Waals surface area contributed by atoms with Crippen molar-refractivity contribution in [3.05, 3.63) is 81.9 Å². The zero-order chi connectivity index (χ0) is 20.1. The molecule has 0 aliphatic carbocycles. The Hall–Kier alpha value is -3.28. The number of hydrogen-bond donors (Lipinski definition) is 1. The predicted octanol–water partition coefficient (Wildman–Crippen LogP) is 4.09. The molecule has 1 amide bonds. The van der Waals surface area contributed by atoms with E-state index in [0.29, 0.717) is 18.7 Å². The van der Waals surface area contributed by atoms with E-state index < -0.39 is 0 Å². The molecule has 3 rings (SSSR count). The molecule has 1 heterocycles. The van der Waals surface area contributed by atoms with Crippen molar-refractivity contribution in [1.82, 2.24) is 9.78 Å². The Labute approximate surface area is 162 Å². The average Bonchev–Trinajstić information content (AvgIpc) is 2.67. The number of nitrogens with one attached hydrogen (secondary N) is 1. The Morgan fingerprint density at radius 1 is 1.04 bits per heavy atom. The van der Waals surface area contributed by atoms with Crippen LogP contribution in [-0.2, 0) is 11.3 Å². The van der Waals surface area contributed by atoms with E-state index in [4.69, 9.17) is 0 Å². The minimum absolute atomic E-state index is 0.106. The van der Waals surface area contributed by atoms with Gasteiger partial charge < -0.3 is 5.32 Å². The van der Waals surface area contributed by atoms with Gasteiger partial charge >= 0.3 is 0 Å². The van der Waals surface area contributed by atoms with Crippen molar-refractivity contribution in [3.8, 4) is 11.3 Å². The summed E-state index contributed by atoms with van der Waals surface area (Å²) in [6.45, 7) is 4.34. The maximum absolute atomic E-state index is 13.1. The quantitative estimate of drug-likeness (QED) is 0.702. The molecule has 1 N–H and O–H groups in total. The molecule has 0 atom stereocenters. The van der Waals surface area contributed by atoms with E-state index in [0.717, 1.165) is 16.8 Å². The van der Waals surface area contributed by atoms with Gasteiger partial charge in [-0.05, 0) is 73.9 Å². The largest absolute Gasteiger partial charge is 0.326 e. The summed E-state index contributed by atoms with van der Waals surface area (Å²) in [5.74, 6) is -0.433. The lowest BCUT2D eigenvalue weighted by Gasteiger charge is -2.09. The fourth-order valence-electron chi connectivity index (χ4n) is 2.82. The highest BCUT2D eigenvalue weighted by atomic mass is 19.1. The van der Waals surface area contributed by atoms with Crippen LogP contribution in [0.1, 0.15) is 24.0 Å². The van der Waals surface area contributed by atoms with Crippen molar-refractivity contribution < 1.29 is 9.18 Å². The molecular weight excluding hydrogens is 357 g/mol. The monoisotopic (exact) mass is 379 g/mol. The minimum atomic E-state index is -0.327. The Kier molecular flexibility index (Phi) is 5.99. The first-order chi connectivity index (χ1) is 13.4. The predicted molar refractivity (Wildman–Crippen MR) is 108 cm³/mol. The minimum Gasteiger partial charge on any atom is -0.326 e. The molecule has 1 aromatic heterocycles. The maximum Gasteiger partial charge on any atom is 0.266 e. The Morgan fingerprint density at radius 2 is 1.79 bits per heavy atom. The molecule has 3 aromatic rings. The summed E-state index contributed by atoms with van der Waals surface area (Å²) >= 11 is 0. The molecule has 0 spiro atoms. The van der Waals surface area contributed by atoms with Crippen LogP contribution in [0.2, 0.25) is 0 Å². The number of benzene rings is 2. The van der Waals surface area contributed by atoms with Crippen LogP contribution in [0.4, 0.5) is 10.1 Å². The fraction of sp³-hybridized carbons (Fsp3) is 0.227. The highest BCUT2D eigenvalue weighted by molar-refractivity contribution is 5.90. The second-order valence-corrected chi connectivity index (χ2v) is 6.74. The number of hydrogen-bond acceptors (Lipinski definition) is 3. The number of carbonyl (C=O) groups is 1. The van der Waals surface area contributed by atoms with Crippen LogP contribution in [0.15, 0.2) is 59.4 Å².